The number of anilines is 1. The minimum absolute atomic E-state index is 0. The van der Waals surface area contributed by atoms with Gasteiger partial charge in [0.25, 0.3) is 5.91 Å². The van der Waals surface area contributed by atoms with Gasteiger partial charge in [-0.05, 0) is 50.9 Å². The molecule has 0 spiro atoms. The summed E-state index contributed by atoms with van der Waals surface area (Å²) in [6, 6.07) is 7.29. The van der Waals surface area contributed by atoms with E-state index in [1.54, 1.807) is 12.1 Å². The number of hydrogen-bond acceptors (Lipinski definition) is 3. The zero-order valence-electron chi connectivity index (χ0n) is 14.5. The van der Waals surface area contributed by atoms with E-state index in [-0.39, 0.29) is 24.2 Å². The number of carbonyl (C=O) groups is 2. The number of nitrogens with one attached hydrogen (secondary N) is 2. The number of halogens is 1. The van der Waals surface area contributed by atoms with Crippen molar-refractivity contribution in [3.63, 3.8) is 0 Å². The van der Waals surface area contributed by atoms with Crippen LogP contribution >= 0.6 is 12.4 Å². The molecule has 5 nitrogen and oxygen atoms in total. The van der Waals surface area contributed by atoms with Crippen LogP contribution in [0.4, 0.5) is 5.69 Å². The lowest BCUT2D eigenvalue weighted by Gasteiger charge is -2.30. The van der Waals surface area contributed by atoms with Crippen LogP contribution < -0.4 is 10.6 Å². The third kappa shape index (κ3) is 5.80. The van der Waals surface area contributed by atoms with E-state index < -0.39 is 0 Å². The van der Waals surface area contributed by atoms with Crippen LogP contribution in [0.25, 0.3) is 0 Å². The van der Waals surface area contributed by atoms with Gasteiger partial charge in [-0.15, -0.1) is 12.4 Å². The third-order valence-electron chi connectivity index (χ3n) is 4.33. The van der Waals surface area contributed by atoms with Crippen molar-refractivity contribution < 1.29 is 9.59 Å². The van der Waals surface area contributed by atoms with E-state index in [2.05, 4.69) is 17.6 Å². The van der Waals surface area contributed by atoms with Crippen molar-refractivity contribution in [2.75, 3.05) is 32.0 Å². The molecule has 1 aliphatic heterocycles. The first-order valence-corrected chi connectivity index (χ1v) is 8.44. The van der Waals surface area contributed by atoms with E-state index in [1.807, 2.05) is 24.1 Å². The molecule has 1 fully saturated rings. The molecule has 0 unspecified atom stereocenters. The smallest absolute Gasteiger partial charge is 0.255 e. The highest BCUT2D eigenvalue weighted by atomic mass is 35.5. The summed E-state index contributed by atoms with van der Waals surface area (Å²) in [4.78, 5) is 26.6. The minimum atomic E-state index is -0.0484. The van der Waals surface area contributed by atoms with Crippen LogP contribution in [0, 0.1) is 5.92 Å². The molecule has 2 rings (SSSR count). The standard InChI is InChI=1S/C18H27N3O2.ClH/c1-14-9-12-21(13-10-14)18(23)15-6-3-4-7-16(15)20-17(22)8-5-11-19-2;/h3-4,6-7,14,19H,5,8-13H2,1-2H3,(H,20,22);1H. The van der Waals surface area contributed by atoms with E-state index in [0.717, 1.165) is 38.9 Å². The molecule has 2 amide bonds. The van der Waals surface area contributed by atoms with Crippen molar-refractivity contribution in [1.82, 2.24) is 10.2 Å². The van der Waals surface area contributed by atoms with Gasteiger partial charge in [-0.25, -0.2) is 0 Å². The van der Waals surface area contributed by atoms with Crippen molar-refractivity contribution >= 4 is 29.9 Å². The molecule has 1 heterocycles. The van der Waals surface area contributed by atoms with Crippen LogP contribution in [-0.2, 0) is 4.79 Å². The quantitative estimate of drug-likeness (QED) is 0.773. The third-order valence-corrected chi connectivity index (χ3v) is 4.33. The van der Waals surface area contributed by atoms with Crippen molar-refractivity contribution in [3.05, 3.63) is 29.8 Å². The zero-order chi connectivity index (χ0) is 16.7. The molecular formula is C18H28ClN3O2. The molecule has 1 aromatic carbocycles. The molecule has 0 aliphatic carbocycles. The molecule has 0 saturated carbocycles. The molecule has 0 radical (unpaired) electrons. The first-order valence-electron chi connectivity index (χ1n) is 8.44. The number of carbonyl (C=O) groups excluding carboxylic acids is 2. The number of hydrogen-bond donors (Lipinski definition) is 2. The van der Waals surface area contributed by atoms with Crippen LogP contribution in [0.15, 0.2) is 24.3 Å². The van der Waals surface area contributed by atoms with Crippen molar-refractivity contribution in [1.29, 1.82) is 0 Å². The fourth-order valence-corrected chi connectivity index (χ4v) is 2.80. The van der Waals surface area contributed by atoms with Crippen molar-refractivity contribution in [2.45, 2.75) is 32.6 Å². The summed E-state index contributed by atoms with van der Waals surface area (Å²) in [6.07, 6.45) is 3.32. The zero-order valence-corrected chi connectivity index (χ0v) is 15.3. The second-order valence-corrected chi connectivity index (χ2v) is 6.28. The molecule has 134 valence electrons. The van der Waals surface area contributed by atoms with E-state index in [9.17, 15) is 9.59 Å². The molecule has 1 aromatic rings. The number of amides is 2. The molecule has 6 heteroatoms. The van der Waals surface area contributed by atoms with Gasteiger partial charge in [0.2, 0.25) is 5.91 Å². The summed E-state index contributed by atoms with van der Waals surface area (Å²) in [5, 5.41) is 5.91. The maximum atomic E-state index is 12.7. The Morgan fingerprint density at radius 2 is 1.88 bits per heavy atom. The Labute approximate surface area is 150 Å². The first kappa shape index (κ1) is 20.5. The van der Waals surface area contributed by atoms with Crippen molar-refractivity contribution in [2.24, 2.45) is 5.92 Å². The van der Waals surface area contributed by atoms with Gasteiger partial charge in [0, 0.05) is 19.5 Å². The lowest BCUT2D eigenvalue weighted by molar-refractivity contribution is -0.116. The Kier molecular flexibility index (Phi) is 8.79. The van der Waals surface area contributed by atoms with E-state index in [1.165, 1.54) is 0 Å². The Morgan fingerprint density at radius 1 is 1.21 bits per heavy atom. The maximum absolute atomic E-state index is 12.7. The SMILES string of the molecule is CNCCCC(=O)Nc1ccccc1C(=O)N1CCC(C)CC1.Cl. The van der Waals surface area contributed by atoms with Crippen LogP contribution in [0.1, 0.15) is 43.0 Å². The van der Waals surface area contributed by atoms with Gasteiger partial charge < -0.3 is 15.5 Å². The van der Waals surface area contributed by atoms with Gasteiger partial charge in [-0.3, -0.25) is 9.59 Å². The Morgan fingerprint density at radius 3 is 2.54 bits per heavy atom. The average molecular weight is 354 g/mol. The lowest BCUT2D eigenvalue weighted by Crippen LogP contribution is -2.38. The van der Waals surface area contributed by atoms with Crippen LogP contribution in [0.2, 0.25) is 0 Å². The van der Waals surface area contributed by atoms with Gasteiger partial charge in [0.05, 0.1) is 11.3 Å². The molecule has 0 atom stereocenters. The normalized spacial score (nSPS) is 14.8. The van der Waals surface area contributed by atoms with Gasteiger partial charge in [-0.2, -0.15) is 0 Å². The summed E-state index contributed by atoms with van der Waals surface area (Å²) in [5.41, 5.74) is 1.20. The molecular weight excluding hydrogens is 326 g/mol. The molecule has 2 N–H and O–H groups in total. The minimum Gasteiger partial charge on any atom is -0.339 e. The maximum Gasteiger partial charge on any atom is 0.255 e. The van der Waals surface area contributed by atoms with Crippen LogP contribution in [0.5, 0.6) is 0 Å². The van der Waals surface area contributed by atoms with E-state index in [0.29, 0.717) is 23.6 Å². The Balaban J connectivity index is 0.00000288. The first-order chi connectivity index (χ1) is 11.1. The monoisotopic (exact) mass is 353 g/mol. The van der Waals surface area contributed by atoms with Crippen LogP contribution in [-0.4, -0.2) is 43.4 Å². The predicted octanol–water partition coefficient (Wildman–Crippen LogP) is 2.92. The van der Waals surface area contributed by atoms with Gasteiger partial charge in [0.1, 0.15) is 0 Å². The van der Waals surface area contributed by atoms with E-state index >= 15 is 0 Å². The van der Waals surface area contributed by atoms with Gasteiger partial charge >= 0.3 is 0 Å². The van der Waals surface area contributed by atoms with E-state index in [4.69, 9.17) is 0 Å². The fraction of sp³-hybridized carbons (Fsp3) is 0.556. The molecule has 24 heavy (non-hydrogen) atoms. The summed E-state index contributed by atoms with van der Waals surface area (Å²) in [7, 11) is 1.87. The summed E-state index contributed by atoms with van der Waals surface area (Å²) < 4.78 is 0. The number of para-hydroxylation sites is 1. The summed E-state index contributed by atoms with van der Waals surface area (Å²) in [5.74, 6) is 0.650. The number of nitrogens with zero attached hydrogens (tertiary/aromatic N) is 1. The topological polar surface area (TPSA) is 61.4 Å². The van der Waals surface area contributed by atoms with Gasteiger partial charge in [-0.1, -0.05) is 19.1 Å². The second-order valence-electron chi connectivity index (χ2n) is 6.28. The lowest BCUT2D eigenvalue weighted by atomic mass is 9.98. The van der Waals surface area contributed by atoms with Gasteiger partial charge in [0.15, 0.2) is 0 Å². The number of likely N-dealkylation sites (tertiary alicyclic amines) is 1. The van der Waals surface area contributed by atoms with Crippen molar-refractivity contribution in [3.8, 4) is 0 Å². The molecule has 0 bridgehead atoms. The largest absolute Gasteiger partial charge is 0.339 e. The molecule has 0 aromatic heterocycles. The highest BCUT2D eigenvalue weighted by Crippen LogP contribution is 2.22. The summed E-state index contributed by atoms with van der Waals surface area (Å²) >= 11 is 0. The second kappa shape index (κ2) is 10.3. The summed E-state index contributed by atoms with van der Waals surface area (Å²) in [6.45, 7) is 4.62. The highest BCUT2D eigenvalue weighted by molar-refractivity contribution is 6.03. The fourth-order valence-electron chi connectivity index (χ4n) is 2.80. The molecule has 1 aliphatic rings. The number of piperidine rings is 1. The Hall–Kier alpha value is -1.59. The average Bonchev–Trinajstić information content (AvgIpc) is 2.56. The Bertz CT molecular complexity index is 543. The highest BCUT2D eigenvalue weighted by Gasteiger charge is 2.23. The number of rotatable bonds is 6. The number of benzene rings is 1. The van der Waals surface area contributed by atoms with Crippen LogP contribution in [0.3, 0.4) is 0 Å². The molecule has 1 saturated heterocycles. The predicted molar refractivity (Wildman–Crippen MR) is 99.8 cm³/mol.